The Bertz CT molecular complexity index is 350. The number of rotatable bonds is 6. The van der Waals surface area contributed by atoms with Gasteiger partial charge < -0.3 is 10.1 Å². The minimum Gasteiger partial charge on any atom is -0.381 e. The number of hydrogen-bond acceptors (Lipinski definition) is 3. The second-order valence-corrected chi connectivity index (χ2v) is 4.39. The Morgan fingerprint density at radius 1 is 1.59 bits per heavy atom. The molecule has 1 saturated carbocycles. The summed E-state index contributed by atoms with van der Waals surface area (Å²) in [6, 6.07) is 1.72. The molecule has 0 amide bonds. The number of halogens is 2. The highest BCUT2D eigenvalue weighted by Crippen LogP contribution is 2.29. The van der Waals surface area contributed by atoms with Crippen LogP contribution in [-0.4, -0.2) is 36.0 Å². The molecule has 0 atom stereocenters. The largest absolute Gasteiger partial charge is 0.381 e. The summed E-state index contributed by atoms with van der Waals surface area (Å²) in [6.07, 6.45) is 1.70. The molecule has 1 aliphatic rings. The maximum atomic E-state index is 12.1. The fourth-order valence-corrected chi connectivity index (χ4v) is 1.98. The molecule has 1 fully saturated rings. The van der Waals surface area contributed by atoms with Crippen LogP contribution in [0.3, 0.4) is 0 Å². The molecular formula is C11H17F2N3O. The first kappa shape index (κ1) is 12.3. The number of hydrogen-bond donors (Lipinski definition) is 1. The normalized spacial score (nSPS) is 23.8. The Kier molecular flexibility index (Phi) is 3.93. The van der Waals surface area contributed by atoms with Crippen LogP contribution in [0, 0.1) is 5.92 Å². The van der Waals surface area contributed by atoms with Gasteiger partial charge in [-0.25, -0.2) is 8.78 Å². The predicted octanol–water partition coefficient (Wildman–Crippen LogP) is 1.99. The van der Waals surface area contributed by atoms with Crippen molar-refractivity contribution >= 4 is 5.82 Å². The lowest BCUT2D eigenvalue weighted by molar-refractivity contribution is 0.00560. The van der Waals surface area contributed by atoms with Crippen LogP contribution < -0.4 is 5.32 Å². The van der Waals surface area contributed by atoms with E-state index in [1.807, 2.05) is 0 Å². The number of anilines is 1. The Morgan fingerprint density at radius 3 is 3.00 bits per heavy atom. The zero-order valence-corrected chi connectivity index (χ0v) is 9.77. The lowest BCUT2D eigenvalue weighted by Gasteiger charge is -2.34. The van der Waals surface area contributed by atoms with Crippen molar-refractivity contribution in [1.82, 2.24) is 9.78 Å². The number of nitrogens with one attached hydrogen (secondary N) is 1. The zero-order valence-electron chi connectivity index (χ0n) is 9.77. The van der Waals surface area contributed by atoms with E-state index in [4.69, 9.17) is 4.74 Å². The van der Waals surface area contributed by atoms with Gasteiger partial charge in [0.1, 0.15) is 12.4 Å². The second kappa shape index (κ2) is 5.44. The molecule has 6 heteroatoms. The number of methoxy groups -OCH3 is 1. The Hall–Kier alpha value is -1.17. The fraction of sp³-hybridized carbons (Fsp3) is 0.727. The fourth-order valence-electron chi connectivity index (χ4n) is 1.98. The molecule has 2 rings (SSSR count). The van der Waals surface area contributed by atoms with Crippen molar-refractivity contribution in [3.63, 3.8) is 0 Å². The molecule has 0 saturated heterocycles. The molecule has 1 aromatic rings. The van der Waals surface area contributed by atoms with E-state index in [0.29, 0.717) is 17.8 Å². The zero-order chi connectivity index (χ0) is 12.3. The molecule has 0 radical (unpaired) electrons. The summed E-state index contributed by atoms with van der Waals surface area (Å²) in [5.41, 5.74) is 0. The summed E-state index contributed by atoms with van der Waals surface area (Å²) in [7, 11) is 1.72. The summed E-state index contributed by atoms with van der Waals surface area (Å²) < 4.78 is 30.6. The highest BCUT2D eigenvalue weighted by molar-refractivity contribution is 5.32. The van der Waals surface area contributed by atoms with Crippen LogP contribution in [0.15, 0.2) is 12.3 Å². The molecule has 0 unspecified atom stereocenters. The van der Waals surface area contributed by atoms with Gasteiger partial charge in [-0.15, -0.1) is 0 Å². The molecule has 0 aliphatic heterocycles. The molecule has 1 N–H and O–H groups in total. The molecule has 96 valence electrons. The monoisotopic (exact) mass is 245 g/mol. The van der Waals surface area contributed by atoms with Crippen molar-refractivity contribution in [2.75, 3.05) is 19.0 Å². The maximum Gasteiger partial charge on any atom is 0.257 e. The third-order valence-corrected chi connectivity index (χ3v) is 3.06. The Morgan fingerprint density at radius 2 is 2.35 bits per heavy atom. The smallest absolute Gasteiger partial charge is 0.257 e. The molecule has 17 heavy (non-hydrogen) atoms. The average molecular weight is 245 g/mol. The first-order valence-electron chi connectivity index (χ1n) is 5.75. The van der Waals surface area contributed by atoms with Gasteiger partial charge in [-0.2, -0.15) is 5.10 Å². The lowest BCUT2D eigenvalue weighted by atomic mass is 9.82. The highest BCUT2D eigenvalue weighted by atomic mass is 19.3. The van der Waals surface area contributed by atoms with E-state index in [1.165, 1.54) is 4.68 Å². The van der Waals surface area contributed by atoms with Gasteiger partial charge >= 0.3 is 0 Å². The Labute approximate surface area is 98.9 Å². The summed E-state index contributed by atoms with van der Waals surface area (Å²) in [5.74, 6) is 1.26. The average Bonchev–Trinajstić information content (AvgIpc) is 2.63. The summed E-state index contributed by atoms with van der Waals surface area (Å²) in [6.45, 7) is 0.475. The van der Waals surface area contributed by atoms with Crippen LogP contribution in [0.1, 0.15) is 12.8 Å². The Balaban J connectivity index is 1.71. The molecule has 1 heterocycles. The van der Waals surface area contributed by atoms with Crippen molar-refractivity contribution in [1.29, 1.82) is 0 Å². The summed E-state index contributed by atoms with van der Waals surface area (Å²) >= 11 is 0. The van der Waals surface area contributed by atoms with Gasteiger partial charge in [0, 0.05) is 25.9 Å². The molecule has 0 aromatic carbocycles. The van der Waals surface area contributed by atoms with Crippen LogP contribution in [0.25, 0.3) is 0 Å². The second-order valence-electron chi connectivity index (χ2n) is 4.39. The van der Waals surface area contributed by atoms with E-state index in [-0.39, 0.29) is 6.54 Å². The minimum absolute atomic E-state index is 0.350. The van der Waals surface area contributed by atoms with Crippen LogP contribution in [0.4, 0.5) is 14.6 Å². The number of alkyl halides is 2. The van der Waals surface area contributed by atoms with Crippen LogP contribution in [-0.2, 0) is 11.3 Å². The van der Waals surface area contributed by atoms with Gasteiger partial charge in [-0.05, 0) is 18.8 Å². The van der Waals surface area contributed by atoms with Gasteiger partial charge in [0.15, 0.2) is 0 Å². The topological polar surface area (TPSA) is 39.1 Å². The number of nitrogens with zero attached hydrogens (tertiary/aromatic N) is 2. The van der Waals surface area contributed by atoms with Gasteiger partial charge in [0.25, 0.3) is 6.43 Å². The van der Waals surface area contributed by atoms with Gasteiger partial charge in [-0.3, -0.25) is 4.68 Å². The molecule has 1 aromatic heterocycles. The van der Waals surface area contributed by atoms with Crippen molar-refractivity contribution in [2.24, 2.45) is 5.92 Å². The number of ether oxygens (including phenoxy) is 1. The summed E-state index contributed by atoms with van der Waals surface area (Å²) in [5, 5.41) is 7.17. The van der Waals surface area contributed by atoms with E-state index < -0.39 is 6.43 Å². The first-order valence-corrected chi connectivity index (χ1v) is 5.75. The molecule has 0 spiro atoms. The predicted molar refractivity (Wildman–Crippen MR) is 60.2 cm³/mol. The van der Waals surface area contributed by atoms with Gasteiger partial charge in [-0.1, -0.05) is 0 Å². The number of aromatic nitrogens is 2. The third-order valence-electron chi connectivity index (χ3n) is 3.06. The van der Waals surface area contributed by atoms with E-state index in [0.717, 1.165) is 19.4 Å². The molecule has 4 nitrogen and oxygen atoms in total. The van der Waals surface area contributed by atoms with Crippen LogP contribution in [0.2, 0.25) is 0 Å². The third kappa shape index (κ3) is 3.39. The minimum atomic E-state index is -2.36. The van der Waals surface area contributed by atoms with Gasteiger partial charge in [0.2, 0.25) is 0 Å². The molecule has 0 bridgehead atoms. The SMILES string of the molecule is COC1CC(CNc2ccn(CC(F)F)n2)C1. The van der Waals surface area contributed by atoms with Crippen LogP contribution >= 0.6 is 0 Å². The summed E-state index contributed by atoms with van der Waals surface area (Å²) in [4.78, 5) is 0. The molecule has 1 aliphatic carbocycles. The lowest BCUT2D eigenvalue weighted by Crippen LogP contribution is -2.34. The van der Waals surface area contributed by atoms with Gasteiger partial charge in [0.05, 0.1) is 6.10 Å². The van der Waals surface area contributed by atoms with E-state index in [9.17, 15) is 8.78 Å². The highest BCUT2D eigenvalue weighted by Gasteiger charge is 2.28. The van der Waals surface area contributed by atoms with E-state index >= 15 is 0 Å². The van der Waals surface area contributed by atoms with Crippen molar-refractivity contribution in [2.45, 2.75) is 31.9 Å². The molecular weight excluding hydrogens is 228 g/mol. The van der Waals surface area contributed by atoms with Crippen molar-refractivity contribution < 1.29 is 13.5 Å². The quantitative estimate of drug-likeness (QED) is 0.833. The van der Waals surface area contributed by atoms with E-state index in [2.05, 4.69) is 10.4 Å². The van der Waals surface area contributed by atoms with Crippen molar-refractivity contribution in [3.8, 4) is 0 Å². The first-order chi connectivity index (χ1) is 8.17. The van der Waals surface area contributed by atoms with Crippen molar-refractivity contribution in [3.05, 3.63) is 12.3 Å². The maximum absolute atomic E-state index is 12.1. The van der Waals surface area contributed by atoms with Crippen LogP contribution in [0.5, 0.6) is 0 Å². The van der Waals surface area contributed by atoms with E-state index in [1.54, 1.807) is 19.4 Å². The standard InChI is InChI=1S/C11H17F2N3O/c1-17-9-4-8(5-9)6-14-11-2-3-16(15-11)7-10(12)13/h2-3,8-10H,4-7H2,1H3,(H,14,15).